The Hall–Kier alpha value is -5.22. The fraction of sp³-hybridized carbons (Fsp3) is 0.320. The summed E-state index contributed by atoms with van der Waals surface area (Å²) < 4.78 is 4.65. The van der Waals surface area contributed by atoms with Crippen LogP contribution in [-0.4, -0.2) is 19.1 Å². The maximum atomic E-state index is 5.34. The number of nitrogens with zero attached hydrogens (tertiary/aromatic N) is 4. The fourth-order valence-electron chi connectivity index (χ4n) is 7.79. The minimum Gasteiger partial charge on any atom is -0.294 e. The monoisotopic (exact) mass is 710 g/mol. The highest BCUT2D eigenvalue weighted by molar-refractivity contribution is 6.11. The lowest BCUT2D eigenvalue weighted by Gasteiger charge is -2.19. The fourth-order valence-corrected chi connectivity index (χ4v) is 7.79. The smallest absolute Gasteiger partial charge is 0.138 e. The maximum Gasteiger partial charge on any atom is 0.138 e. The van der Waals surface area contributed by atoms with Crippen molar-refractivity contribution in [2.24, 2.45) is 0 Å². The van der Waals surface area contributed by atoms with Gasteiger partial charge in [0.05, 0.1) is 33.5 Å². The number of pyridine rings is 2. The third-order valence-electron chi connectivity index (χ3n) is 11.2. The van der Waals surface area contributed by atoms with Crippen LogP contribution in [0.25, 0.3) is 66.6 Å². The maximum absolute atomic E-state index is 5.34. The minimum atomic E-state index is 0.0409. The van der Waals surface area contributed by atoms with Gasteiger partial charge in [-0.25, -0.2) is 9.97 Å². The summed E-state index contributed by atoms with van der Waals surface area (Å²) in [5, 5.41) is 5.02. The van der Waals surface area contributed by atoms with E-state index in [9.17, 15) is 0 Å². The van der Waals surface area contributed by atoms with E-state index >= 15 is 0 Å². The molecule has 0 aliphatic heterocycles. The van der Waals surface area contributed by atoms with Crippen molar-refractivity contribution in [2.45, 2.75) is 105 Å². The number of benzene rings is 4. The summed E-state index contributed by atoms with van der Waals surface area (Å²) in [6.45, 7) is 27.4. The molecule has 0 aliphatic rings. The van der Waals surface area contributed by atoms with E-state index in [-0.39, 0.29) is 21.7 Å². The SMILES string of the molecule is CC(C)(C)c1ccc2c(c1)c1cc(C(C)(C)C)ccc1n2-c1cccc(-c2cccc(-n3c4ccc(C(C)(C)C)cc4c4cc(C(C)(C)C)ccc43)n2)n1. The Morgan fingerprint density at radius 2 is 0.593 bits per heavy atom. The predicted molar refractivity (Wildman–Crippen MR) is 231 cm³/mol. The van der Waals surface area contributed by atoms with Crippen molar-refractivity contribution >= 4 is 43.6 Å². The average molecular weight is 711 g/mol. The van der Waals surface area contributed by atoms with Crippen molar-refractivity contribution in [3.63, 3.8) is 0 Å². The molecule has 54 heavy (non-hydrogen) atoms. The first-order valence-electron chi connectivity index (χ1n) is 19.4. The zero-order valence-corrected chi connectivity index (χ0v) is 34.2. The molecule has 0 saturated heterocycles. The summed E-state index contributed by atoms with van der Waals surface area (Å²) in [5.41, 5.74) is 11.8. The molecule has 0 bridgehead atoms. The molecule has 4 nitrogen and oxygen atoms in total. The third kappa shape index (κ3) is 6.10. The van der Waals surface area contributed by atoms with Crippen LogP contribution < -0.4 is 0 Å². The van der Waals surface area contributed by atoms with Gasteiger partial charge >= 0.3 is 0 Å². The molecular formula is C50H54N4. The molecule has 0 atom stereocenters. The van der Waals surface area contributed by atoms with Gasteiger partial charge in [0.25, 0.3) is 0 Å². The molecule has 0 unspecified atom stereocenters. The molecule has 0 radical (unpaired) electrons. The van der Waals surface area contributed by atoms with Crippen molar-refractivity contribution in [2.75, 3.05) is 0 Å². The van der Waals surface area contributed by atoms with Crippen LogP contribution in [0.3, 0.4) is 0 Å². The zero-order chi connectivity index (χ0) is 38.5. The van der Waals surface area contributed by atoms with Crippen molar-refractivity contribution in [3.8, 4) is 23.0 Å². The van der Waals surface area contributed by atoms with Crippen molar-refractivity contribution in [1.29, 1.82) is 0 Å². The van der Waals surface area contributed by atoms with Crippen molar-refractivity contribution in [3.05, 3.63) is 131 Å². The van der Waals surface area contributed by atoms with Crippen LogP contribution in [0.1, 0.15) is 105 Å². The Bertz CT molecular complexity index is 2410. The number of hydrogen-bond donors (Lipinski definition) is 0. The summed E-state index contributed by atoms with van der Waals surface area (Å²) in [6, 6.07) is 40.4. The molecule has 0 fully saturated rings. The van der Waals surface area contributed by atoms with Gasteiger partial charge < -0.3 is 0 Å². The largest absolute Gasteiger partial charge is 0.294 e. The van der Waals surface area contributed by atoms with E-state index in [1.165, 1.54) is 43.8 Å². The number of rotatable bonds is 3. The molecule has 0 aliphatic carbocycles. The van der Waals surface area contributed by atoms with Gasteiger partial charge in [-0.3, -0.25) is 9.13 Å². The van der Waals surface area contributed by atoms with Gasteiger partial charge in [-0.05, 0) is 117 Å². The van der Waals surface area contributed by atoms with Gasteiger partial charge in [-0.1, -0.05) is 119 Å². The summed E-state index contributed by atoms with van der Waals surface area (Å²) in [7, 11) is 0. The lowest BCUT2D eigenvalue weighted by Crippen LogP contribution is -2.10. The topological polar surface area (TPSA) is 35.6 Å². The van der Waals surface area contributed by atoms with E-state index in [1.807, 2.05) is 0 Å². The highest BCUT2D eigenvalue weighted by Crippen LogP contribution is 2.39. The molecule has 0 N–H and O–H groups in total. The van der Waals surface area contributed by atoms with Crippen LogP contribution >= 0.6 is 0 Å². The van der Waals surface area contributed by atoms with Gasteiger partial charge in [0.15, 0.2) is 0 Å². The van der Waals surface area contributed by atoms with E-state index in [1.54, 1.807) is 0 Å². The second kappa shape index (κ2) is 12.1. The second-order valence-corrected chi connectivity index (χ2v) is 19.4. The molecule has 0 amide bonds. The highest BCUT2D eigenvalue weighted by Gasteiger charge is 2.23. The lowest BCUT2D eigenvalue weighted by atomic mass is 9.85. The van der Waals surface area contributed by atoms with E-state index < -0.39 is 0 Å². The molecule has 0 spiro atoms. The predicted octanol–water partition coefficient (Wildman–Crippen LogP) is 13.5. The van der Waals surface area contributed by atoms with Crippen LogP contribution in [0.15, 0.2) is 109 Å². The molecule has 8 rings (SSSR count). The van der Waals surface area contributed by atoms with Crippen LogP contribution in [0.2, 0.25) is 0 Å². The number of hydrogen-bond acceptors (Lipinski definition) is 2. The van der Waals surface area contributed by atoms with Gasteiger partial charge in [-0.2, -0.15) is 0 Å². The van der Waals surface area contributed by atoms with E-state index in [4.69, 9.17) is 9.97 Å². The van der Waals surface area contributed by atoms with Crippen molar-refractivity contribution in [1.82, 2.24) is 19.1 Å². The second-order valence-electron chi connectivity index (χ2n) is 19.4. The Morgan fingerprint density at radius 3 is 0.833 bits per heavy atom. The normalized spacial score (nSPS) is 13.2. The Morgan fingerprint density at radius 1 is 0.333 bits per heavy atom. The summed E-state index contributed by atoms with van der Waals surface area (Å²) >= 11 is 0. The Labute approximate surface area is 320 Å². The van der Waals surface area contributed by atoms with Gasteiger partial charge in [0.1, 0.15) is 11.6 Å². The Kier molecular flexibility index (Phi) is 8.05. The molecule has 4 aromatic carbocycles. The van der Waals surface area contributed by atoms with E-state index in [0.717, 1.165) is 45.1 Å². The van der Waals surface area contributed by atoms with Crippen molar-refractivity contribution < 1.29 is 0 Å². The van der Waals surface area contributed by atoms with Gasteiger partial charge in [0, 0.05) is 21.5 Å². The molecule has 8 aromatic rings. The number of fused-ring (bicyclic) bond motifs is 6. The first-order valence-corrected chi connectivity index (χ1v) is 19.4. The minimum absolute atomic E-state index is 0.0409. The first kappa shape index (κ1) is 35.8. The Balaban J connectivity index is 1.30. The summed E-state index contributed by atoms with van der Waals surface area (Å²) in [6.07, 6.45) is 0. The van der Waals surface area contributed by atoms with Crippen LogP contribution in [-0.2, 0) is 21.7 Å². The first-order chi connectivity index (χ1) is 25.3. The lowest BCUT2D eigenvalue weighted by molar-refractivity contribution is 0.590. The summed E-state index contributed by atoms with van der Waals surface area (Å²) in [4.78, 5) is 10.7. The molecular weight excluding hydrogens is 657 g/mol. The van der Waals surface area contributed by atoms with Crippen LogP contribution in [0.4, 0.5) is 0 Å². The standard InChI is InChI=1S/C50H54N4/c1-47(2,3)31-19-23-41-35(27-31)36-28-32(48(4,5)6)20-24-42(36)53(41)45-17-13-15-39(51-45)40-16-14-18-46(52-40)54-43-25-21-33(49(7,8)9)29-37(43)38-30-34(50(10,11)12)22-26-44(38)54/h13-30H,1-12H3. The van der Waals surface area contributed by atoms with Crippen LogP contribution in [0, 0.1) is 0 Å². The third-order valence-corrected chi connectivity index (χ3v) is 11.2. The van der Waals surface area contributed by atoms with E-state index in [0.29, 0.717) is 0 Å². The zero-order valence-electron chi connectivity index (χ0n) is 34.2. The molecule has 4 aromatic heterocycles. The average Bonchev–Trinajstić information content (AvgIpc) is 3.61. The van der Waals surface area contributed by atoms with Gasteiger partial charge in [-0.15, -0.1) is 0 Å². The molecule has 4 heteroatoms. The quantitative estimate of drug-likeness (QED) is 0.183. The molecule has 274 valence electrons. The molecule has 0 saturated carbocycles. The molecule has 4 heterocycles. The van der Waals surface area contributed by atoms with Crippen LogP contribution in [0.5, 0.6) is 0 Å². The number of aromatic nitrogens is 4. The van der Waals surface area contributed by atoms with Gasteiger partial charge in [0.2, 0.25) is 0 Å². The summed E-state index contributed by atoms with van der Waals surface area (Å²) in [5.74, 6) is 1.76. The van der Waals surface area contributed by atoms with E-state index in [2.05, 4.69) is 201 Å². The highest BCUT2D eigenvalue weighted by atomic mass is 15.1.